The van der Waals surface area contributed by atoms with Crippen LogP contribution in [0.5, 0.6) is 0 Å². The van der Waals surface area contributed by atoms with Gasteiger partial charge in [-0.1, -0.05) is 0 Å². The minimum Gasteiger partial charge on any atom is -0.423 e. The number of nitrogens with zero attached hydrogens (tertiary/aromatic N) is 1. The summed E-state index contributed by atoms with van der Waals surface area (Å²) in [5, 5.41) is 0.586. The molecule has 2 aromatic rings. The second-order valence-corrected chi connectivity index (χ2v) is 7.39. The highest BCUT2D eigenvalue weighted by atomic mass is 32.2. The molecule has 1 aliphatic heterocycles. The Labute approximate surface area is 128 Å². The van der Waals surface area contributed by atoms with Crippen molar-refractivity contribution in [3.05, 3.63) is 40.8 Å². The van der Waals surface area contributed by atoms with Crippen LogP contribution in [0.1, 0.15) is 12.8 Å². The van der Waals surface area contributed by atoms with Crippen molar-refractivity contribution in [1.29, 1.82) is 0 Å². The van der Waals surface area contributed by atoms with Gasteiger partial charge in [0.05, 0.1) is 4.90 Å². The molecule has 0 unspecified atom stereocenters. The average molecular weight is 322 g/mol. The number of likely N-dealkylation sites (N-methyl/N-ethyl adjacent to an activating group) is 1. The topological polar surface area (TPSA) is 79.6 Å². The lowest BCUT2D eigenvalue weighted by molar-refractivity contribution is 0.242. The fourth-order valence-corrected chi connectivity index (χ4v) is 4.06. The second-order valence-electron chi connectivity index (χ2n) is 5.68. The Balaban J connectivity index is 1.88. The number of benzene rings is 1. The molecule has 0 aliphatic carbocycles. The molecule has 1 aliphatic rings. The summed E-state index contributed by atoms with van der Waals surface area (Å²) in [6, 6.07) is 7.26. The summed E-state index contributed by atoms with van der Waals surface area (Å²) >= 11 is 0. The lowest BCUT2D eigenvalue weighted by Gasteiger charge is -2.29. The summed E-state index contributed by atoms with van der Waals surface area (Å²) in [5.74, 6) is 0. The van der Waals surface area contributed by atoms with Gasteiger partial charge in [0, 0.05) is 24.0 Å². The van der Waals surface area contributed by atoms with Crippen molar-refractivity contribution >= 4 is 21.0 Å². The first-order chi connectivity index (χ1) is 10.4. The highest BCUT2D eigenvalue weighted by molar-refractivity contribution is 7.89. The van der Waals surface area contributed by atoms with E-state index >= 15 is 0 Å². The average Bonchev–Trinajstić information content (AvgIpc) is 2.46. The number of hydrogen-bond donors (Lipinski definition) is 1. The van der Waals surface area contributed by atoms with Crippen LogP contribution in [0, 0.1) is 0 Å². The minimum absolute atomic E-state index is 0.0758. The largest absolute Gasteiger partial charge is 0.423 e. The molecule has 22 heavy (non-hydrogen) atoms. The van der Waals surface area contributed by atoms with Gasteiger partial charge in [0.15, 0.2) is 0 Å². The molecule has 7 heteroatoms. The molecule has 1 fully saturated rings. The van der Waals surface area contributed by atoms with Crippen LogP contribution in [0.25, 0.3) is 11.0 Å². The van der Waals surface area contributed by atoms with Crippen molar-refractivity contribution in [2.75, 3.05) is 20.1 Å². The standard InChI is InChI=1S/C15H18N2O4S/c1-17-8-2-3-12(10-17)16-22(19,20)13-5-6-14-11(9-13)4-7-15(18)21-14/h4-7,9,12,16H,2-3,8,10H2,1H3/t12-/m0/s1. The fraction of sp³-hybridized carbons (Fsp3) is 0.400. The SMILES string of the molecule is CN1CCC[C@H](NS(=O)(=O)c2ccc3oc(=O)ccc3c2)C1. The van der Waals surface area contributed by atoms with Gasteiger partial charge >= 0.3 is 5.63 Å². The summed E-state index contributed by atoms with van der Waals surface area (Å²) in [6.07, 6.45) is 1.82. The third kappa shape index (κ3) is 3.21. The van der Waals surface area contributed by atoms with E-state index in [0.717, 1.165) is 19.4 Å². The predicted molar refractivity (Wildman–Crippen MR) is 83.3 cm³/mol. The first-order valence-electron chi connectivity index (χ1n) is 7.19. The third-order valence-corrected chi connectivity index (χ3v) is 5.37. The van der Waals surface area contributed by atoms with E-state index in [4.69, 9.17) is 4.42 Å². The van der Waals surface area contributed by atoms with Crippen molar-refractivity contribution in [1.82, 2.24) is 9.62 Å². The van der Waals surface area contributed by atoms with E-state index in [1.807, 2.05) is 7.05 Å². The Bertz CT molecular complexity index is 844. The van der Waals surface area contributed by atoms with Gasteiger partial charge in [0.25, 0.3) is 0 Å². The molecule has 118 valence electrons. The Morgan fingerprint density at radius 3 is 2.86 bits per heavy atom. The Hall–Kier alpha value is -1.70. The predicted octanol–water partition coefficient (Wildman–Crippen LogP) is 1.17. The number of piperidine rings is 1. The molecule has 1 N–H and O–H groups in total. The van der Waals surface area contributed by atoms with Gasteiger partial charge < -0.3 is 9.32 Å². The highest BCUT2D eigenvalue weighted by Crippen LogP contribution is 2.19. The van der Waals surface area contributed by atoms with Crippen LogP contribution in [-0.2, 0) is 10.0 Å². The molecular formula is C15H18N2O4S. The highest BCUT2D eigenvalue weighted by Gasteiger charge is 2.24. The number of nitrogens with one attached hydrogen (secondary N) is 1. The van der Waals surface area contributed by atoms with Gasteiger partial charge in [-0.25, -0.2) is 17.9 Å². The maximum atomic E-state index is 12.5. The van der Waals surface area contributed by atoms with Gasteiger partial charge in [0.1, 0.15) is 5.58 Å². The van der Waals surface area contributed by atoms with Crippen LogP contribution in [0.15, 0.2) is 44.4 Å². The molecule has 0 saturated carbocycles. The monoisotopic (exact) mass is 322 g/mol. The van der Waals surface area contributed by atoms with E-state index in [-0.39, 0.29) is 10.9 Å². The summed E-state index contributed by atoms with van der Waals surface area (Å²) in [7, 11) is -1.60. The zero-order valence-corrected chi connectivity index (χ0v) is 13.1. The second kappa shape index (κ2) is 5.83. The van der Waals surface area contributed by atoms with Crippen LogP contribution in [0.3, 0.4) is 0 Å². The van der Waals surface area contributed by atoms with Gasteiger partial charge in [-0.3, -0.25) is 0 Å². The minimum atomic E-state index is -3.58. The summed E-state index contributed by atoms with van der Waals surface area (Å²) < 4.78 is 32.8. The van der Waals surface area contributed by atoms with Crippen LogP contribution in [0.2, 0.25) is 0 Å². The van der Waals surface area contributed by atoms with Crippen molar-refractivity contribution < 1.29 is 12.8 Å². The normalized spacial score (nSPS) is 20.3. The van der Waals surface area contributed by atoms with Crippen molar-refractivity contribution in [3.8, 4) is 0 Å². The fourth-order valence-electron chi connectivity index (χ4n) is 2.77. The molecule has 0 spiro atoms. The Morgan fingerprint density at radius 1 is 1.27 bits per heavy atom. The van der Waals surface area contributed by atoms with Crippen LogP contribution >= 0.6 is 0 Å². The lowest BCUT2D eigenvalue weighted by atomic mass is 10.1. The van der Waals surface area contributed by atoms with E-state index in [0.29, 0.717) is 17.5 Å². The van der Waals surface area contributed by atoms with E-state index in [2.05, 4.69) is 9.62 Å². The van der Waals surface area contributed by atoms with Gasteiger partial charge in [-0.2, -0.15) is 0 Å². The summed E-state index contributed by atoms with van der Waals surface area (Å²) in [4.78, 5) is 13.5. The van der Waals surface area contributed by atoms with Crippen LogP contribution in [0.4, 0.5) is 0 Å². The van der Waals surface area contributed by atoms with Gasteiger partial charge in [0.2, 0.25) is 10.0 Å². The van der Waals surface area contributed by atoms with Crippen molar-refractivity contribution in [3.63, 3.8) is 0 Å². The van der Waals surface area contributed by atoms with E-state index in [9.17, 15) is 13.2 Å². The smallest absolute Gasteiger partial charge is 0.336 e. The summed E-state index contributed by atoms with van der Waals surface area (Å²) in [6.45, 7) is 1.70. The molecular weight excluding hydrogens is 304 g/mol. The number of fused-ring (bicyclic) bond motifs is 1. The Morgan fingerprint density at radius 2 is 2.09 bits per heavy atom. The first-order valence-corrected chi connectivity index (χ1v) is 8.67. The Kier molecular flexibility index (Phi) is 4.03. The zero-order valence-electron chi connectivity index (χ0n) is 12.3. The van der Waals surface area contributed by atoms with Gasteiger partial charge in [-0.15, -0.1) is 0 Å². The van der Waals surface area contributed by atoms with E-state index in [1.165, 1.54) is 24.3 Å². The molecule has 0 amide bonds. The van der Waals surface area contributed by atoms with Crippen molar-refractivity contribution in [2.45, 2.75) is 23.8 Å². The van der Waals surface area contributed by atoms with Crippen LogP contribution in [-0.4, -0.2) is 39.5 Å². The lowest BCUT2D eigenvalue weighted by Crippen LogP contribution is -2.46. The third-order valence-electron chi connectivity index (χ3n) is 3.85. The zero-order chi connectivity index (χ0) is 15.7. The molecule has 1 aromatic carbocycles. The molecule has 6 nitrogen and oxygen atoms in total. The van der Waals surface area contributed by atoms with Crippen molar-refractivity contribution in [2.24, 2.45) is 0 Å². The molecule has 0 bridgehead atoms. The maximum absolute atomic E-state index is 12.5. The van der Waals surface area contributed by atoms with E-state index < -0.39 is 15.6 Å². The molecule has 1 aromatic heterocycles. The molecule has 2 heterocycles. The maximum Gasteiger partial charge on any atom is 0.336 e. The van der Waals surface area contributed by atoms with E-state index in [1.54, 1.807) is 6.07 Å². The molecule has 1 atom stereocenters. The molecule has 1 saturated heterocycles. The quantitative estimate of drug-likeness (QED) is 0.858. The summed E-state index contributed by atoms with van der Waals surface area (Å²) in [5.41, 5.74) is -0.0738. The number of likely N-dealkylation sites (tertiary alicyclic amines) is 1. The molecule has 3 rings (SSSR count). The number of hydrogen-bond acceptors (Lipinski definition) is 5. The number of rotatable bonds is 3. The molecule has 0 radical (unpaired) electrons. The van der Waals surface area contributed by atoms with Gasteiger partial charge in [-0.05, 0) is 50.7 Å². The van der Waals surface area contributed by atoms with Crippen LogP contribution < -0.4 is 10.3 Å². The number of sulfonamides is 1. The first kappa shape index (κ1) is 15.2.